The summed E-state index contributed by atoms with van der Waals surface area (Å²) in [7, 11) is -3.64. The van der Waals surface area contributed by atoms with Crippen LogP contribution < -0.4 is 4.72 Å². The van der Waals surface area contributed by atoms with Gasteiger partial charge in [0.1, 0.15) is 4.21 Å². The lowest BCUT2D eigenvalue weighted by Crippen LogP contribution is -2.18. The van der Waals surface area contributed by atoms with E-state index >= 15 is 0 Å². The molecule has 0 saturated heterocycles. The van der Waals surface area contributed by atoms with Crippen molar-refractivity contribution in [3.05, 3.63) is 44.7 Å². The Morgan fingerprint density at radius 1 is 1.24 bits per heavy atom. The highest BCUT2D eigenvalue weighted by Gasteiger charge is 2.23. The van der Waals surface area contributed by atoms with E-state index < -0.39 is 10.0 Å². The first-order valence-corrected chi connectivity index (χ1v) is 9.65. The van der Waals surface area contributed by atoms with E-state index in [9.17, 15) is 8.42 Å². The van der Waals surface area contributed by atoms with Crippen molar-refractivity contribution in [1.29, 1.82) is 0 Å². The fourth-order valence-electron chi connectivity index (χ4n) is 1.88. The van der Waals surface area contributed by atoms with Crippen molar-refractivity contribution in [2.45, 2.75) is 30.4 Å². The molecule has 0 atom stereocenters. The van der Waals surface area contributed by atoms with Gasteiger partial charge >= 0.3 is 0 Å². The zero-order chi connectivity index (χ0) is 15.8. The summed E-state index contributed by atoms with van der Waals surface area (Å²) in [6, 6.07) is 8.84. The molecule has 0 aliphatic rings. The number of rotatable bonds is 3. The second-order valence-corrected chi connectivity index (χ2v) is 10.3. The molecule has 0 saturated carbocycles. The van der Waals surface area contributed by atoms with Gasteiger partial charge in [-0.1, -0.05) is 50.6 Å². The number of hydrogen-bond donors (Lipinski definition) is 1. The monoisotopic (exact) mass is 407 g/mol. The van der Waals surface area contributed by atoms with Crippen LogP contribution in [0.4, 0.5) is 5.69 Å². The van der Waals surface area contributed by atoms with Gasteiger partial charge < -0.3 is 0 Å². The van der Waals surface area contributed by atoms with Crippen molar-refractivity contribution in [2.24, 2.45) is 0 Å². The second kappa shape index (κ2) is 5.91. The number of halogens is 2. The Hall–Kier alpha value is -0.560. The van der Waals surface area contributed by atoms with E-state index in [-0.39, 0.29) is 9.62 Å². The molecule has 114 valence electrons. The molecule has 1 N–H and O–H groups in total. The number of anilines is 1. The van der Waals surface area contributed by atoms with Crippen LogP contribution in [-0.4, -0.2) is 8.42 Å². The molecule has 0 spiro atoms. The molecule has 0 unspecified atom stereocenters. The molecular weight excluding hydrogens is 394 g/mol. The average molecular weight is 409 g/mol. The van der Waals surface area contributed by atoms with Crippen molar-refractivity contribution >= 4 is 54.6 Å². The Morgan fingerprint density at radius 3 is 2.38 bits per heavy atom. The minimum absolute atomic E-state index is 0.160. The molecule has 0 aliphatic heterocycles. The molecular formula is C14H15BrClNO2S2. The van der Waals surface area contributed by atoms with Crippen LogP contribution in [0.1, 0.15) is 26.3 Å². The summed E-state index contributed by atoms with van der Waals surface area (Å²) >= 11 is 10.2. The smallest absolute Gasteiger partial charge is 0.271 e. The Kier molecular flexibility index (Phi) is 4.73. The van der Waals surface area contributed by atoms with Crippen LogP contribution in [0.3, 0.4) is 0 Å². The predicted octanol–water partition coefficient (Wildman–Crippen LogP) is 5.26. The van der Waals surface area contributed by atoms with E-state index in [0.717, 1.165) is 16.9 Å². The third-order valence-corrected chi connectivity index (χ3v) is 7.18. The van der Waals surface area contributed by atoms with Crippen LogP contribution in [0.2, 0.25) is 5.02 Å². The van der Waals surface area contributed by atoms with Gasteiger partial charge in [-0.3, -0.25) is 4.72 Å². The Balaban J connectivity index is 2.42. The minimum Gasteiger partial charge on any atom is -0.279 e. The summed E-state index contributed by atoms with van der Waals surface area (Å²) < 4.78 is 28.4. The zero-order valence-corrected chi connectivity index (χ0v) is 15.8. The molecule has 0 amide bonds. The number of sulfonamides is 1. The van der Waals surface area contributed by atoms with Gasteiger partial charge in [0.15, 0.2) is 0 Å². The van der Waals surface area contributed by atoms with Gasteiger partial charge in [-0.15, -0.1) is 11.3 Å². The van der Waals surface area contributed by atoms with Gasteiger partial charge in [-0.2, -0.15) is 0 Å². The summed E-state index contributed by atoms with van der Waals surface area (Å²) in [5, 5.41) is 0.393. The fourth-order valence-corrected chi connectivity index (χ4v) is 5.36. The molecule has 2 aromatic rings. The maximum atomic E-state index is 12.5. The Labute approximate surface area is 142 Å². The molecule has 0 radical (unpaired) electrons. The van der Waals surface area contributed by atoms with Crippen molar-refractivity contribution in [1.82, 2.24) is 0 Å². The van der Waals surface area contributed by atoms with Crippen LogP contribution in [0, 0.1) is 0 Å². The lowest BCUT2D eigenvalue weighted by molar-refractivity contribution is 0.590. The van der Waals surface area contributed by atoms with Crippen molar-refractivity contribution in [3.8, 4) is 0 Å². The lowest BCUT2D eigenvalue weighted by atomic mass is 9.86. The molecule has 2 rings (SSSR count). The first-order chi connectivity index (χ1) is 9.61. The average Bonchev–Trinajstić information content (AvgIpc) is 2.69. The summed E-state index contributed by atoms with van der Waals surface area (Å²) in [5.41, 5.74) is 1.37. The van der Waals surface area contributed by atoms with E-state index in [4.69, 9.17) is 11.6 Å². The van der Waals surface area contributed by atoms with Gasteiger partial charge in [-0.25, -0.2) is 8.42 Å². The van der Waals surface area contributed by atoms with E-state index in [2.05, 4.69) is 20.7 Å². The lowest BCUT2D eigenvalue weighted by Gasteiger charge is -2.23. The standard InChI is InChI=1S/C14H15BrClNO2S2/c1-14(2,3)9-6-4-5-7-11(9)17-21(18,19)12-8-10(16)13(15)20-12/h4-8,17H,1-3H3. The van der Waals surface area contributed by atoms with E-state index in [1.54, 1.807) is 6.07 Å². The maximum Gasteiger partial charge on any atom is 0.271 e. The summed E-state index contributed by atoms with van der Waals surface area (Å²) in [6.45, 7) is 6.12. The van der Waals surface area contributed by atoms with Crippen LogP contribution in [0.5, 0.6) is 0 Å². The SMILES string of the molecule is CC(C)(C)c1ccccc1NS(=O)(=O)c1cc(Cl)c(Br)s1. The third kappa shape index (κ3) is 3.80. The number of hydrogen-bond acceptors (Lipinski definition) is 3. The molecule has 1 heterocycles. The molecule has 1 aromatic heterocycles. The van der Waals surface area contributed by atoms with Gasteiger partial charge in [-0.05, 0) is 39.0 Å². The summed E-state index contributed by atoms with van der Waals surface area (Å²) in [5.74, 6) is 0. The van der Waals surface area contributed by atoms with Crippen molar-refractivity contribution in [2.75, 3.05) is 4.72 Å². The van der Waals surface area contributed by atoms with Crippen LogP contribution in [0.15, 0.2) is 38.3 Å². The Bertz CT molecular complexity index is 744. The van der Waals surface area contributed by atoms with E-state index in [1.807, 2.05) is 39.0 Å². The van der Waals surface area contributed by atoms with Crippen molar-refractivity contribution in [3.63, 3.8) is 0 Å². The number of thiophene rings is 1. The predicted molar refractivity (Wildman–Crippen MR) is 93.0 cm³/mol. The topological polar surface area (TPSA) is 46.2 Å². The summed E-state index contributed by atoms with van der Waals surface area (Å²) in [4.78, 5) is 0. The van der Waals surface area contributed by atoms with Gasteiger partial charge in [0.05, 0.1) is 14.5 Å². The summed E-state index contributed by atoms with van der Waals surface area (Å²) in [6.07, 6.45) is 0. The van der Waals surface area contributed by atoms with Crippen LogP contribution in [0.25, 0.3) is 0 Å². The molecule has 7 heteroatoms. The van der Waals surface area contributed by atoms with E-state index in [1.165, 1.54) is 6.07 Å². The molecule has 3 nitrogen and oxygen atoms in total. The molecule has 21 heavy (non-hydrogen) atoms. The molecule has 0 bridgehead atoms. The first-order valence-electron chi connectivity index (χ1n) is 6.18. The van der Waals surface area contributed by atoms with Crippen molar-refractivity contribution < 1.29 is 8.42 Å². The maximum absolute atomic E-state index is 12.5. The molecule has 0 aliphatic carbocycles. The zero-order valence-electron chi connectivity index (χ0n) is 11.8. The third-order valence-electron chi connectivity index (χ3n) is 2.87. The Morgan fingerprint density at radius 2 is 1.86 bits per heavy atom. The first kappa shape index (κ1) is 16.8. The quantitative estimate of drug-likeness (QED) is 0.752. The van der Waals surface area contributed by atoms with E-state index in [0.29, 0.717) is 14.5 Å². The molecule has 0 fully saturated rings. The number of benzene rings is 1. The fraction of sp³-hybridized carbons (Fsp3) is 0.286. The van der Waals surface area contributed by atoms with Gasteiger partial charge in [0, 0.05) is 0 Å². The second-order valence-electron chi connectivity index (χ2n) is 5.59. The highest BCUT2D eigenvalue weighted by atomic mass is 79.9. The normalized spacial score (nSPS) is 12.4. The number of para-hydroxylation sites is 1. The van der Waals surface area contributed by atoms with Crippen LogP contribution in [-0.2, 0) is 15.4 Å². The highest BCUT2D eigenvalue weighted by Crippen LogP contribution is 2.36. The van der Waals surface area contributed by atoms with Gasteiger partial charge in [0.25, 0.3) is 10.0 Å². The largest absolute Gasteiger partial charge is 0.279 e. The minimum atomic E-state index is -3.64. The molecule has 1 aromatic carbocycles. The highest BCUT2D eigenvalue weighted by molar-refractivity contribution is 9.11. The van der Waals surface area contributed by atoms with Crippen LogP contribution >= 0.6 is 38.9 Å². The number of nitrogens with one attached hydrogen (secondary N) is 1. The van der Waals surface area contributed by atoms with Gasteiger partial charge in [0.2, 0.25) is 0 Å².